The van der Waals surface area contributed by atoms with Gasteiger partial charge in [-0.05, 0) is 54.8 Å². The molecule has 0 aliphatic carbocycles. The Morgan fingerprint density at radius 1 is 1.07 bits per heavy atom. The van der Waals surface area contributed by atoms with Gasteiger partial charge in [-0.15, -0.1) is 5.10 Å². The lowest BCUT2D eigenvalue weighted by Gasteiger charge is -2.12. The Bertz CT molecular complexity index is 1250. The van der Waals surface area contributed by atoms with Crippen LogP contribution in [0.3, 0.4) is 0 Å². The van der Waals surface area contributed by atoms with Crippen molar-refractivity contribution < 1.29 is 13.2 Å². The molecular weight excluding hydrogens is 385 g/mol. The maximum Gasteiger partial charge on any atom is 0.416 e. The van der Waals surface area contributed by atoms with E-state index in [1.807, 2.05) is 13.8 Å². The van der Waals surface area contributed by atoms with E-state index in [1.54, 1.807) is 24.3 Å². The minimum atomic E-state index is -4.56. The molecule has 0 unspecified atom stereocenters. The first-order valence-electron chi connectivity index (χ1n) is 8.50. The van der Waals surface area contributed by atoms with E-state index in [0.29, 0.717) is 10.3 Å². The average molecular weight is 400 g/mol. The summed E-state index contributed by atoms with van der Waals surface area (Å²) < 4.78 is 40.5. The van der Waals surface area contributed by atoms with Crippen molar-refractivity contribution in [2.75, 3.05) is 0 Å². The molecule has 1 heterocycles. The maximum absolute atomic E-state index is 13.0. The van der Waals surface area contributed by atoms with Crippen LogP contribution in [0, 0.1) is 25.2 Å². The summed E-state index contributed by atoms with van der Waals surface area (Å²) in [6, 6.07) is 11.0. The molecule has 6 nitrogen and oxygen atoms in total. The molecule has 0 aliphatic heterocycles. The molecule has 0 aliphatic rings. The number of nitriles is 1. The summed E-state index contributed by atoms with van der Waals surface area (Å²) in [7, 11) is 0. The van der Waals surface area contributed by atoms with Crippen LogP contribution in [0.2, 0.25) is 0 Å². The second kappa shape index (κ2) is 7.39. The Kier molecular flexibility index (Phi) is 5.12. The topological polar surface area (TPSA) is 80.7 Å². The van der Waals surface area contributed by atoms with Gasteiger partial charge >= 0.3 is 11.9 Å². The summed E-state index contributed by atoms with van der Waals surface area (Å²) in [6.07, 6.45) is -4.56. The standard InChI is InChI=1S/C20H15F3N4O2/c1-12-6-7-16(8-13(12)2)27-19(29)26(18(28)17(10-24)25-27)11-14-4-3-5-15(9-14)20(21,22)23/h3-9H,11H2,1-2H3. The molecule has 0 radical (unpaired) electrons. The number of rotatable bonds is 3. The van der Waals surface area contributed by atoms with Crippen molar-refractivity contribution in [3.05, 3.63) is 91.3 Å². The van der Waals surface area contributed by atoms with Gasteiger partial charge in [0.1, 0.15) is 6.07 Å². The smallest absolute Gasteiger partial charge is 0.266 e. The van der Waals surface area contributed by atoms with Crippen molar-refractivity contribution in [1.82, 2.24) is 14.3 Å². The van der Waals surface area contributed by atoms with Gasteiger partial charge in [-0.2, -0.15) is 23.1 Å². The van der Waals surface area contributed by atoms with E-state index in [9.17, 15) is 28.0 Å². The van der Waals surface area contributed by atoms with E-state index in [0.717, 1.165) is 27.9 Å². The van der Waals surface area contributed by atoms with Crippen molar-refractivity contribution >= 4 is 0 Å². The van der Waals surface area contributed by atoms with Crippen molar-refractivity contribution in [1.29, 1.82) is 5.26 Å². The highest BCUT2D eigenvalue weighted by molar-refractivity contribution is 5.39. The van der Waals surface area contributed by atoms with Crippen LogP contribution in [-0.4, -0.2) is 14.3 Å². The number of hydrogen-bond acceptors (Lipinski definition) is 4. The zero-order valence-corrected chi connectivity index (χ0v) is 15.5. The lowest BCUT2D eigenvalue weighted by molar-refractivity contribution is -0.137. The van der Waals surface area contributed by atoms with Crippen LogP contribution in [0.1, 0.15) is 27.9 Å². The highest BCUT2D eigenvalue weighted by Gasteiger charge is 2.30. The minimum Gasteiger partial charge on any atom is -0.266 e. The van der Waals surface area contributed by atoms with Crippen LogP contribution >= 0.6 is 0 Å². The third-order valence-corrected chi connectivity index (χ3v) is 4.50. The number of aromatic nitrogens is 3. The third-order valence-electron chi connectivity index (χ3n) is 4.50. The molecule has 2 aromatic carbocycles. The first-order valence-corrected chi connectivity index (χ1v) is 8.50. The van der Waals surface area contributed by atoms with E-state index < -0.39 is 35.2 Å². The number of hydrogen-bond donors (Lipinski definition) is 0. The normalized spacial score (nSPS) is 11.3. The molecule has 3 rings (SSSR count). The molecule has 0 saturated carbocycles. The molecule has 1 aromatic heterocycles. The van der Waals surface area contributed by atoms with Crippen LogP contribution in [0.5, 0.6) is 0 Å². The Labute approximate surface area is 163 Å². The Hall–Kier alpha value is -3.67. The SMILES string of the molecule is Cc1ccc(-n2nc(C#N)c(=O)n(Cc3cccc(C(F)(F)F)c3)c2=O)cc1C. The highest BCUT2D eigenvalue weighted by Crippen LogP contribution is 2.29. The Morgan fingerprint density at radius 2 is 1.79 bits per heavy atom. The minimum absolute atomic E-state index is 0.0979. The van der Waals surface area contributed by atoms with Crippen molar-refractivity contribution in [2.45, 2.75) is 26.6 Å². The second-order valence-electron chi connectivity index (χ2n) is 6.51. The van der Waals surface area contributed by atoms with E-state index >= 15 is 0 Å². The third kappa shape index (κ3) is 3.96. The molecule has 0 bridgehead atoms. The fourth-order valence-electron chi connectivity index (χ4n) is 2.78. The van der Waals surface area contributed by atoms with Gasteiger partial charge in [0.15, 0.2) is 0 Å². The zero-order valence-electron chi connectivity index (χ0n) is 15.5. The van der Waals surface area contributed by atoms with Crippen LogP contribution in [-0.2, 0) is 12.7 Å². The highest BCUT2D eigenvalue weighted by atomic mass is 19.4. The van der Waals surface area contributed by atoms with Crippen molar-refractivity contribution in [3.63, 3.8) is 0 Å². The van der Waals surface area contributed by atoms with Gasteiger partial charge in [0, 0.05) is 0 Å². The first-order chi connectivity index (χ1) is 13.6. The predicted octanol–water partition coefficient (Wildman–Crippen LogP) is 2.95. The fraction of sp³-hybridized carbons (Fsp3) is 0.200. The van der Waals surface area contributed by atoms with Crippen LogP contribution in [0.4, 0.5) is 13.2 Å². The van der Waals surface area contributed by atoms with Gasteiger partial charge in [-0.3, -0.25) is 9.36 Å². The molecule has 0 spiro atoms. The molecule has 3 aromatic rings. The summed E-state index contributed by atoms with van der Waals surface area (Å²) >= 11 is 0. The Morgan fingerprint density at radius 3 is 2.41 bits per heavy atom. The van der Waals surface area contributed by atoms with Crippen LogP contribution in [0.15, 0.2) is 52.1 Å². The van der Waals surface area contributed by atoms with Crippen molar-refractivity contribution in [2.24, 2.45) is 0 Å². The summed E-state index contributed by atoms with van der Waals surface area (Å²) in [5, 5.41) is 13.1. The second-order valence-corrected chi connectivity index (χ2v) is 6.51. The molecule has 0 fully saturated rings. The van der Waals surface area contributed by atoms with Gasteiger partial charge in [0.05, 0.1) is 17.8 Å². The Balaban J connectivity index is 2.17. The first kappa shape index (κ1) is 20.1. The summed E-state index contributed by atoms with van der Waals surface area (Å²) in [4.78, 5) is 25.3. The lowest BCUT2D eigenvalue weighted by Crippen LogP contribution is -2.42. The molecular formula is C20H15F3N4O2. The molecule has 0 saturated heterocycles. The van der Waals surface area contributed by atoms with E-state index in [4.69, 9.17) is 0 Å². The molecule has 0 N–H and O–H groups in total. The molecule has 29 heavy (non-hydrogen) atoms. The average Bonchev–Trinajstić information content (AvgIpc) is 2.67. The predicted molar refractivity (Wildman–Crippen MR) is 98.8 cm³/mol. The summed E-state index contributed by atoms with van der Waals surface area (Å²) in [5.74, 6) is 0. The van der Waals surface area contributed by atoms with Gasteiger partial charge < -0.3 is 0 Å². The maximum atomic E-state index is 13.0. The van der Waals surface area contributed by atoms with E-state index in [2.05, 4.69) is 5.10 Å². The van der Waals surface area contributed by atoms with Crippen LogP contribution < -0.4 is 11.2 Å². The fourth-order valence-corrected chi connectivity index (χ4v) is 2.78. The number of benzene rings is 2. The number of alkyl halides is 3. The monoisotopic (exact) mass is 400 g/mol. The van der Waals surface area contributed by atoms with Crippen molar-refractivity contribution in [3.8, 4) is 11.8 Å². The van der Waals surface area contributed by atoms with Gasteiger partial charge in [0.2, 0.25) is 5.69 Å². The lowest BCUT2D eigenvalue weighted by atomic mass is 10.1. The molecule has 9 heteroatoms. The summed E-state index contributed by atoms with van der Waals surface area (Å²) in [5.41, 5.74) is -0.968. The van der Waals surface area contributed by atoms with E-state index in [-0.39, 0.29) is 5.56 Å². The van der Waals surface area contributed by atoms with E-state index in [1.165, 1.54) is 12.1 Å². The van der Waals surface area contributed by atoms with Crippen LogP contribution in [0.25, 0.3) is 5.69 Å². The number of halogens is 3. The molecule has 148 valence electrons. The molecule has 0 atom stereocenters. The summed E-state index contributed by atoms with van der Waals surface area (Å²) in [6.45, 7) is 3.28. The van der Waals surface area contributed by atoms with Gasteiger partial charge in [-0.25, -0.2) is 4.79 Å². The number of aryl methyl sites for hydroxylation is 2. The quantitative estimate of drug-likeness (QED) is 0.677. The zero-order chi connectivity index (χ0) is 21.3. The molecule has 0 amide bonds. The largest absolute Gasteiger partial charge is 0.416 e. The van der Waals surface area contributed by atoms with Gasteiger partial charge in [0.25, 0.3) is 5.56 Å². The van der Waals surface area contributed by atoms with Gasteiger partial charge in [-0.1, -0.05) is 18.2 Å². The number of nitrogens with zero attached hydrogens (tertiary/aromatic N) is 4.